The number of hydrogen-bond donors (Lipinski definition) is 3. The minimum Gasteiger partial charge on any atom is -0.332 e. The zero-order valence-electron chi connectivity index (χ0n) is 10.7. The number of aryl methyl sites for hydroxylation is 1. The van der Waals surface area contributed by atoms with Crippen molar-refractivity contribution in [2.75, 3.05) is 6.54 Å². The van der Waals surface area contributed by atoms with E-state index >= 15 is 0 Å². The van der Waals surface area contributed by atoms with Crippen molar-refractivity contribution in [1.29, 1.82) is 0 Å². The lowest BCUT2D eigenvalue weighted by Crippen LogP contribution is -2.47. The van der Waals surface area contributed by atoms with Crippen molar-refractivity contribution < 1.29 is 8.42 Å². The summed E-state index contributed by atoms with van der Waals surface area (Å²) in [6.07, 6.45) is 4.65. The van der Waals surface area contributed by atoms with Gasteiger partial charge in [-0.1, -0.05) is 6.42 Å². The van der Waals surface area contributed by atoms with E-state index in [0.29, 0.717) is 18.4 Å². The standard InChI is InChI=1S/C11H20N4O2S/c1-8-4-3-5-10(14-8)6-13-18(16,17)11-7-12-9(2)15-11/h7-8,10,13-14H,3-6H2,1-2H3,(H,12,15). The molecule has 102 valence electrons. The van der Waals surface area contributed by atoms with Gasteiger partial charge in [-0.25, -0.2) is 18.1 Å². The van der Waals surface area contributed by atoms with Gasteiger partial charge in [0.05, 0.1) is 6.20 Å². The zero-order valence-corrected chi connectivity index (χ0v) is 11.5. The summed E-state index contributed by atoms with van der Waals surface area (Å²) in [6, 6.07) is 0.676. The Balaban J connectivity index is 1.93. The molecule has 3 N–H and O–H groups in total. The van der Waals surface area contributed by atoms with Crippen LogP contribution in [-0.4, -0.2) is 37.0 Å². The van der Waals surface area contributed by atoms with Crippen molar-refractivity contribution in [2.45, 2.75) is 50.2 Å². The molecule has 1 aliphatic rings. The van der Waals surface area contributed by atoms with E-state index in [1.165, 1.54) is 6.20 Å². The van der Waals surface area contributed by atoms with Crippen LogP contribution >= 0.6 is 0 Å². The second-order valence-electron chi connectivity index (χ2n) is 4.88. The van der Waals surface area contributed by atoms with Gasteiger partial charge in [0.25, 0.3) is 10.0 Å². The molecule has 2 atom stereocenters. The third-order valence-electron chi connectivity index (χ3n) is 3.20. The molecule has 0 aromatic carbocycles. The molecule has 0 aliphatic carbocycles. The maximum absolute atomic E-state index is 12.0. The molecule has 0 amide bonds. The van der Waals surface area contributed by atoms with Crippen molar-refractivity contribution in [1.82, 2.24) is 20.0 Å². The first kappa shape index (κ1) is 13.5. The number of nitrogens with one attached hydrogen (secondary N) is 3. The van der Waals surface area contributed by atoms with E-state index in [4.69, 9.17) is 0 Å². The second kappa shape index (κ2) is 5.38. The number of aromatic amines is 1. The van der Waals surface area contributed by atoms with Crippen LogP contribution in [-0.2, 0) is 10.0 Å². The average molecular weight is 272 g/mol. The predicted octanol–water partition coefficient (Wildman–Crippen LogP) is 0.527. The second-order valence-corrected chi connectivity index (χ2v) is 6.62. The van der Waals surface area contributed by atoms with E-state index in [9.17, 15) is 8.42 Å². The lowest BCUT2D eigenvalue weighted by molar-refractivity contribution is 0.334. The minimum absolute atomic E-state index is 0.129. The molecule has 1 aromatic rings. The van der Waals surface area contributed by atoms with Crippen LogP contribution in [0.1, 0.15) is 32.0 Å². The van der Waals surface area contributed by atoms with Crippen molar-refractivity contribution in [3.63, 3.8) is 0 Å². The van der Waals surface area contributed by atoms with Gasteiger partial charge in [0.15, 0.2) is 5.03 Å². The van der Waals surface area contributed by atoms with E-state index in [1.54, 1.807) is 6.92 Å². The fourth-order valence-electron chi connectivity index (χ4n) is 2.22. The van der Waals surface area contributed by atoms with Crippen LogP contribution in [0.15, 0.2) is 11.2 Å². The monoisotopic (exact) mass is 272 g/mol. The maximum Gasteiger partial charge on any atom is 0.257 e. The molecule has 1 saturated heterocycles. The van der Waals surface area contributed by atoms with Gasteiger partial charge in [0, 0.05) is 18.6 Å². The van der Waals surface area contributed by atoms with Gasteiger partial charge in [0.2, 0.25) is 0 Å². The quantitative estimate of drug-likeness (QED) is 0.746. The summed E-state index contributed by atoms with van der Waals surface area (Å²) in [5.41, 5.74) is 0. The fourth-order valence-corrected chi connectivity index (χ4v) is 3.27. The third kappa shape index (κ3) is 3.30. The van der Waals surface area contributed by atoms with Gasteiger partial charge in [-0.3, -0.25) is 0 Å². The highest BCUT2D eigenvalue weighted by atomic mass is 32.2. The highest BCUT2D eigenvalue weighted by molar-refractivity contribution is 7.89. The van der Waals surface area contributed by atoms with E-state index in [1.807, 2.05) is 0 Å². The Labute approximate surface area is 108 Å². The molecule has 0 bridgehead atoms. The Hall–Kier alpha value is -0.920. The molecule has 2 unspecified atom stereocenters. The van der Waals surface area contributed by atoms with Crippen LogP contribution < -0.4 is 10.0 Å². The van der Waals surface area contributed by atoms with Crippen LogP contribution in [0.5, 0.6) is 0 Å². The van der Waals surface area contributed by atoms with Crippen molar-refractivity contribution >= 4 is 10.0 Å². The van der Waals surface area contributed by atoms with E-state index in [0.717, 1.165) is 19.3 Å². The van der Waals surface area contributed by atoms with E-state index < -0.39 is 10.0 Å². The predicted molar refractivity (Wildman–Crippen MR) is 68.7 cm³/mol. The first-order chi connectivity index (χ1) is 8.47. The summed E-state index contributed by atoms with van der Waals surface area (Å²) in [5, 5.41) is 3.52. The third-order valence-corrected chi connectivity index (χ3v) is 4.53. The first-order valence-corrected chi connectivity index (χ1v) is 7.73. The van der Waals surface area contributed by atoms with Gasteiger partial charge in [-0.05, 0) is 26.7 Å². The Morgan fingerprint density at radius 3 is 2.89 bits per heavy atom. The highest BCUT2D eigenvalue weighted by Gasteiger charge is 2.21. The minimum atomic E-state index is -3.46. The van der Waals surface area contributed by atoms with Crippen LogP contribution in [0.2, 0.25) is 0 Å². The van der Waals surface area contributed by atoms with Gasteiger partial charge in [0.1, 0.15) is 5.82 Å². The molecule has 2 heterocycles. The zero-order chi connectivity index (χ0) is 13.2. The first-order valence-electron chi connectivity index (χ1n) is 6.25. The van der Waals surface area contributed by atoms with Gasteiger partial charge >= 0.3 is 0 Å². The molecular weight excluding hydrogens is 252 g/mol. The Morgan fingerprint density at radius 2 is 2.28 bits per heavy atom. The van der Waals surface area contributed by atoms with Gasteiger partial charge in [-0.15, -0.1) is 0 Å². The van der Waals surface area contributed by atoms with Crippen molar-refractivity contribution in [3.05, 3.63) is 12.0 Å². The average Bonchev–Trinajstić information content (AvgIpc) is 2.74. The van der Waals surface area contributed by atoms with Crippen molar-refractivity contribution in [3.8, 4) is 0 Å². The number of aromatic nitrogens is 2. The number of nitrogens with zero attached hydrogens (tertiary/aromatic N) is 1. The number of imidazole rings is 1. The van der Waals surface area contributed by atoms with Gasteiger partial charge in [-0.2, -0.15) is 0 Å². The molecule has 0 spiro atoms. The maximum atomic E-state index is 12.0. The van der Waals surface area contributed by atoms with Crippen LogP contribution in [0.4, 0.5) is 0 Å². The van der Waals surface area contributed by atoms with E-state index in [-0.39, 0.29) is 11.1 Å². The molecule has 18 heavy (non-hydrogen) atoms. The number of hydrogen-bond acceptors (Lipinski definition) is 4. The largest absolute Gasteiger partial charge is 0.332 e. The molecule has 1 fully saturated rings. The molecule has 0 saturated carbocycles. The highest BCUT2D eigenvalue weighted by Crippen LogP contribution is 2.12. The summed E-state index contributed by atoms with van der Waals surface area (Å²) < 4.78 is 26.5. The Bertz CT molecular complexity index is 497. The lowest BCUT2D eigenvalue weighted by atomic mass is 10.00. The summed E-state index contributed by atoms with van der Waals surface area (Å²) in [6.45, 7) is 4.27. The van der Waals surface area contributed by atoms with Gasteiger partial charge < -0.3 is 10.3 Å². The van der Waals surface area contributed by atoms with Crippen LogP contribution in [0, 0.1) is 6.92 Å². The Kier molecular flexibility index (Phi) is 4.04. The molecule has 2 rings (SSSR count). The smallest absolute Gasteiger partial charge is 0.257 e. The summed E-state index contributed by atoms with van der Waals surface area (Å²) in [7, 11) is -3.46. The fraction of sp³-hybridized carbons (Fsp3) is 0.727. The SMILES string of the molecule is Cc1ncc(S(=O)(=O)NCC2CCCC(C)N2)[nH]1. The van der Waals surface area contributed by atoms with Crippen LogP contribution in [0.25, 0.3) is 0 Å². The molecule has 6 nitrogen and oxygen atoms in total. The molecule has 0 radical (unpaired) electrons. The number of piperidine rings is 1. The van der Waals surface area contributed by atoms with Crippen molar-refractivity contribution in [2.24, 2.45) is 0 Å². The van der Waals surface area contributed by atoms with Crippen LogP contribution in [0.3, 0.4) is 0 Å². The number of sulfonamides is 1. The summed E-state index contributed by atoms with van der Waals surface area (Å²) in [5.74, 6) is 0.597. The number of H-pyrrole nitrogens is 1. The molecule has 1 aromatic heterocycles. The molecule has 7 heteroatoms. The lowest BCUT2D eigenvalue weighted by Gasteiger charge is -2.28. The summed E-state index contributed by atoms with van der Waals surface area (Å²) >= 11 is 0. The Morgan fingerprint density at radius 1 is 1.50 bits per heavy atom. The number of rotatable bonds is 4. The van der Waals surface area contributed by atoms with E-state index in [2.05, 4.69) is 26.9 Å². The topological polar surface area (TPSA) is 86.9 Å². The molecular formula is C11H20N4O2S. The summed E-state index contributed by atoms with van der Waals surface area (Å²) in [4.78, 5) is 6.63. The molecule has 1 aliphatic heterocycles. The normalized spacial score (nSPS) is 25.2.